The molecule has 0 aliphatic carbocycles. The molecular formula is C21H26N2O5S. The van der Waals surface area contributed by atoms with E-state index < -0.39 is 16.0 Å². The fourth-order valence-corrected chi connectivity index (χ4v) is 3.77. The first kappa shape index (κ1) is 22.4. The number of sulfonamides is 1. The van der Waals surface area contributed by atoms with Crippen LogP contribution in [0.25, 0.3) is 0 Å². The lowest BCUT2D eigenvalue weighted by Gasteiger charge is -2.22. The Bertz CT molecular complexity index is 973. The number of hydrogen-bond acceptors (Lipinski definition) is 5. The van der Waals surface area contributed by atoms with Gasteiger partial charge in [-0.05, 0) is 56.2 Å². The number of ether oxygens (including phenoxy) is 1. The summed E-state index contributed by atoms with van der Waals surface area (Å²) < 4.78 is 30.5. The molecule has 0 saturated heterocycles. The van der Waals surface area contributed by atoms with Crippen molar-refractivity contribution in [2.75, 3.05) is 29.0 Å². The Labute approximate surface area is 171 Å². The van der Waals surface area contributed by atoms with Crippen molar-refractivity contribution in [3.05, 3.63) is 59.7 Å². The summed E-state index contributed by atoms with van der Waals surface area (Å²) in [7, 11) is -3.46. The predicted molar refractivity (Wildman–Crippen MR) is 114 cm³/mol. The summed E-state index contributed by atoms with van der Waals surface area (Å²) >= 11 is 0. The third-order valence-corrected chi connectivity index (χ3v) is 5.31. The van der Waals surface area contributed by atoms with Crippen molar-refractivity contribution in [1.82, 2.24) is 0 Å². The molecule has 1 N–H and O–H groups in total. The Kier molecular flexibility index (Phi) is 7.78. The second-order valence-electron chi connectivity index (χ2n) is 6.63. The zero-order valence-electron chi connectivity index (χ0n) is 16.8. The monoisotopic (exact) mass is 418 g/mol. The first-order valence-electron chi connectivity index (χ1n) is 9.32. The summed E-state index contributed by atoms with van der Waals surface area (Å²) in [6.07, 6.45) is 1.64. The molecule has 0 heterocycles. The van der Waals surface area contributed by atoms with Crippen LogP contribution in [0.2, 0.25) is 0 Å². The molecule has 156 valence electrons. The number of aryl methyl sites for hydroxylation is 1. The molecule has 2 aromatic rings. The summed E-state index contributed by atoms with van der Waals surface area (Å²) in [5.41, 5.74) is 2.37. The van der Waals surface area contributed by atoms with Crippen molar-refractivity contribution < 1.29 is 22.7 Å². The predicted octanol–water partition coefficient (Wildman–Crippen LogP) is 3.36. The van der Waals surface area contributed by atoms with Gasteiger partial charge in [0, 0.05) is 18.7 Å². The van der Waals surface area contributed by atoms with Gasteiger partial charge in [0.05, 0.1) is 24.1 Å². The van der Waals surface area contributed by atoms with Gasteiger partial charge in [0.2, 0.25) is 15.9 Å². The van der Waals surface area contributed by atoms with Gasteiger partial charge in [0.1, 0.15) is 0 Å². The van der Waals surface area contributed by atoms with Gasteiger partial charge >= 0.3 is 5.97 Å². The number of benzene rings is 2. The van der Waals surface area contributed by atoms with E-state index in [1.54, 1.807) is 49.4 Å². The van der Waals surface area contributed by atoms with Gasteiger partial charge in [0.25, 0.3) is 0 Å². The van der Waals surface area contributed by atoms with Gasteiger partial charge < -0.3 is 10.1 Å². The van der Waals surface area contributed by atoms with Gasteiger partial charge in [-0.15, -0.1) is 0 Å². The van der Waals surface area contributed by atoms with Crippen LogP contribution in [0.15, 0.2) is 48.5 Å². The Morgan fingerprint density at radius 1 is 1.10 bits per heavy atom. The smallest absolute Gasteiger partial charge is 0.338 e. The molecule has 0 aromatic heterocycles. The minimum atomic E-state index is -3.46. The number of carbonyl (C=O) groups excluding carboxylic acids is 2. The minimum Gasteiger partial charge on any atom is -0.462 e. The largest absolute Gasteiger partial charge is 0.462 e. The van der Waals surface area contributed by atoms with Crippen molar-refractivity contribution in [2.45, 2.75) is 26.7 Å². The minimum absolute atomic E-state index is 0.140. The average Bonchev–Trinajstić information content (AvgIpc) is 2.64. The van der Waals surface area contributed by atoms with E-state index in [9.17, 15) is 18.0 Å². The van der Waals surface area contributed by atoms with E-state index in [0.717, 1.165) is 11.8 Å². The first-order chi connectivity index (χ1) is 13.7. The molecule has 0 atom stereocenters. The first-order valence-corrected chi connectivity index (χ1v) is 11.2. The lowest BCUT2D eigenvalue weighted by Crippen LogP contribution is -2.31. The molecule has 0 aliphatic heterocycles. The maximum Gasteiger partial charge on any atom is 0.338 e. The number of anilines is 2. The van der Waals surface area contributed by atoms with Crippen LogP contribution in [0, 0.1) is 6.92 Å². The number of esters is 1. The molecule has 0 unspecified atom stereocenters. The van der Waals surface area contributed by atoms with Crippen LogP contribution in [0.5, 0.6) is 0 Å². The normalized spacial score (nSPS) is 11.0. The van der Waals surface area contributed by atoms with Gasteiger partial charge in [0.15, 0.2) is 0 Å². The van der Waals surface area contributed by atoms with E-state index in [4.69, 9.17) is 4.74 Å². The second kappa shape index (κ2) is 10.1. The highest BCUT2D eigenvalue weighted by Crippen LogP contribution is 2.20. The van der Waals surface area contributed by atoms with Crippen LogP contribution in [0.1, 0.15) is 35.7 Å². The molecule has 0 fully saturated rings. The number of carbonyl (C=O) groups is 2. The number of nitrogens with zero attached hydrogens (tertiary/aromatic N) is 1. The van der Waals surface area contributed by atoms with Crippen LogP contribution in [0.3, 0.4) is 0 Å². The molecule has 0 aliphatic rings. The zero-order chi connectivity index (χ0) is 21.4. The van der Waals surface area contributed by atoms with Crippen molar-refractivity contribution in [2.24, 2.45) is 0 Å². The molecule has 29 heavy (non-hydrogen) atoms. The maximum atomic E-state index is 12.2. The van der Waals surface area contributed by atoms with Gasteiger partial charge in [-0.2, -0.15) is 0 Å². The van der Waals surface area contributed by atoms with Crippen molar-refractivity contribution in [3.63, 3.8) is 0 Å². The molecule has 2 aromatic carbocycles. The number of amides is 1. The van der Waals surface area contributed by atoms with E-state index in [2.05, 4.69) is 5.32 Å². The van der Waals surface area contributed by atoms with E-state index >= 15 is 0 Å². The van der Waals surface area contributed by atoms with E-state index in [-0.39, 0.29) is 25.5 Å². The van der Waals surface area contributed by atoms with Crippen LogP contribution in [-0.4, -0.2) is 39.7 Å². The summed E-state index contributed by atoms with van der Waals surface area (Å²) in [6, 6.07) is 13.7. The quantitative estimate of drug-likeness (QED) is 0.631. The highest BCUT2D eigenvalue weighted by Gasteiger charge is 2.18. The molecule has 7 nitrogen and oxygen atoms in total. The Morgan fingerprint density at radius 2 is 1.83 bits per heavy atom. The van der Waals surface area contributed by atoms with Gasteiger partial charge in [-0.1, -0.05) is 18.2 Å². The lowest BCUT2D eigenvalue weighted by molar-refractivity contribution is -0.116. The average molecular weight is 419 g/mol. The molecule has 2 rings (SSSR count). The van der Waals surface area contributed by atoms with E-state index in [1.807, 2.05) is 13.0 Å². The summed E-state index contributed by atoms with van der Waals surface area (Å²) in [6.45, 7) is 4.08. The van der Waals surface area contributed by atoms with Gasteiger partial charge in [-0.25, -0.2) is 13.2 Å². The third kappa shape index (κ3) is 6.90. The Hall–Kier alpha value is -2.87. The molecule has 0 saturated carbocycles. The molecule has 0 spiro atoms. The Balaban J connectivity index is 1.96. The van der Waals surface area contributed by atoms with Crippen LogP contribution in [0.4, 0.5) is 11.4 Å². The maximum absolute atomic E-state index is 12.2. The van der Waals surface area contributed by atoms with Crippen LogP contribution < -0.4 is 9.62 Å². The second-order valence-corrected chi connectivity index (χ2v) is 8.53. The zero-order valence-corrected chi connectivity index (χ0v) is 17.7. The third-order valence-electron chi connectivity index (χ3n) is 4.11. The summed E-state index contributed by atoms with van der Waals surface area (Å²) in [4.78, 5) is 24.0. The number of hydrogen-bond donors (Lipinski definition) is 1. The SMILES string of the molecule is CCOC(=O)c1cccc(NC(=O)CCCN(c2cccc(C)c2)S(C)(=O)=O)c1. The summed E-state index contributed by atoms with van der Waals surface area (Å²) in [5, 5.41) is 2.73. The highest BCUT2D eigenvalue weighted by atomic mass is 32.2. The van der Waals surface area contributed by atoms with Crippen molar-refractivity contribution in [3.8, 4) is 0 Å². The van der Waals surface area contributed by atoms with E-state index in [1.165, 1.54) is 4.31 Å². The highest BCUT2D eigenvalue weighted by molar-refractivity contribution is 7.92. The fourth-order valence-electron chi connectivity index (χ4n) is 2.81. The standard InChI is InChI=1S/C21H26N2O5S/c1-4-28-21(25)17-9-6-10-18(15-17)22-20(24)12-7-13-23(29(3,26)27)19-11-5-8-16(2)14-19/h5-6,8-11,14-15H,4,7,12-13H2,1-3H3,(H,22,24). The molecular weight excluding hydrogens is 392 g/mol. The van der Waals surface area contributed by atoms with Crippen molar-refractivity contribution in [1.29, 1.82) is 0 Å². The fraction of sp³-hybridized carbons (Fsp3) is 0.333. The van der Waals surface area contributed by atoms with Crippen molar-refractivity contribution >= 4 is 33.3 Å². The molecule has 0 radical (unpaired) electrons. The van der Waals surface area contributed by atoms with E-state index in [0.29, 0.717) is 23.4 Å². The summed E-state index contributed by atoms with van der Waals surface area (Å²) in [5.74, 6) is -0.714. The van der Waals surface area contributed by atoms with Gasteiger partial charge in [-0.3, -0.25) is 9.10 Å². The van der Waals surface area contributed by atoms with Crippen LogP contribution >= 0.6 is 0 Å². The number of rotatable bonds is 9. The molecule has 8 heteroatoms. The molecule has 1 amide bonds. The molecule has 0 bridgehead atoms. The topological polar surface area (TPSA) is 92.8 Å². The number of nitrogens with one attached hydrogen (secondary N) is 1. The van der Waals surface area contributed by atoms with Crippen LogP contribution in [-0.2, 0) is 19.6 Å². The Morgan fingerprint density at radius 3 is 2.48 bits per heavy atom. The lowest BCUT2D eigenvalue weighted by atomic mass is 10.2.